The first kappa shape index (κ1) is 10.7. The van der Waals surface area contributed by atoms with Gasteiger partial charge in [0.2, 0.25) is 5.91 Å². The van der Waals surface area contributed by atoms with Crippen molar-refractivity contribution in [1.82, 2.24) is 9.88 Å². The van der Waals surface area contributed by atoms with Gasteiger partial charge in [0.05, 0.1) is 0 Å². The fraction of sp³-hybridized carbons (Fsp3) is 0.455. The summed E-state index contributed by atoms with van der Waals surface area (Å²) < 4.78 is 0. The number of hydrogen-bond acceptors (Lipinski definition) is 4. The van der Waals surface area contributed by atoms with E-state index in [1.807, 2.05) is 32.3 Å². The summed E-state index contributed by atoms with van der Waals surface area (Å²) in [6, 6.07) is 5.52. The highest BCUT2D eigenvalue weighted by Crippen LogP contribution is 2.15. The monoisotopic (exact) mass is 220 g/mol. The van der Waals surface area contributed by atoms with Gasteiger partial charge in [-0.2, -0.15) is 0 Å². The zero-order valence-corrected chi connectivity index (χ0v) is 9.53. The van der Waals surface area contributed by atoms with Gasteiger partial charge in [-0.05, 0) is 18.6 Å². The molecule has 1 aliphatic rings. The Bertz CT molecular complexity index is 393. The normalized spacial score (nSPS) is 20.0. The smallest absolute Gasteiger partial charge is 0.244 e. The number of likely N-dealkylation sites (N-methyl/N-ethyl adjacent to an activating group) is 1. The van der Waals surface area contributed by atoms with Gasteiger partial charge in [-0.3, -0.25) is 4.79 Å². The van der Waals surface area contributed by atoms with Crippen LogP contribution < -0.4 is 10.6 Å². The molecule has 2 rings (SSSR count). The Labute approximate surface area is 94.9 Å². The van der Waals surface area contributed by atoms with E-state index in [9.17, 15) is 4.79 Å². The number of amides is 1. The minimum Gasteiger partial charge on any atom is -0.373 e. The van der Waals surface area contributed by atoms with Crippen molar-refractivity contribution >= 4 is 17.5 Å². The molecule has 1 amide bonds. The minimum absolute atomic E-state index is 0.135. The number of hydrogen-bond donors (Lipinski definition) is 2. The van der Waals surface area contributed by atoms with Gasteiger partial charge in [0.15, 0.2) is 0 Å². The van der Waals surface area contributed by atoms with E-state index in [2.05, 4.69) is 15.6 Å². The summed E-state index contributed by atoms with van der Waals surface area (Å²) in [5.74, 6) is 1.67. The molecule has 1 saturated heterocycles. The second-order valence-electron chi connectivity index (χ2n) is 3.90. The first-order valence-electron chi connectivity index (χ1n) is 5.37. The summed E-state index contributed by atoms with van der Waals surface area (Å²) in [5, 5.41) is 6.12. The van der Waals surface area contributed by atoms with Crippen LogP contribution in [-0.2, 0) is 4.79 Å². The van der Waals surface area contributed by atoms with E-state index in [4.69, 9.17) is 0 Å². The molecule has 0 aliphatic carbocycles. The van der Waals surface area contributed by atoms with Gasteiger partial charge >= 0.3 is 0 Å². The lowest BCUT2D eigenvalue weighted by molar-refractivity contribution is -0.127. The lowest BCUT2D eigenvalue weighted by Crippen LogP contribution is -2.31. The molecule has 86 valence electrons. The number of anilines is 2. The lowest BCUT2D eigenvalue weighted by Gasteiger charge is -2.13. The van der Waals surface area contributed by atoms with Gasteiger partial charge in [0.1, 0.15) is 17.7 Å². The largest absolute Gasteiger partial charge is 0.373 e. The Morgan fingerprint density at radius 2 is 2.19 bits per heavy atom. The van der Waals surface area contributed by atoms with Gasteiger partial charge < -0.3 is 15.5 Å². The molecule has 16 heavy (non-hydrogen) atoms. The molecule has 0 aromatic carbocycles. The molecular formula is C11H16N4O. The quantitative estimate of drug-likeness (QED) is 0.790. The number of carbonyl (C=O) groups excluding carboxylic acids is 1. The van der Waals surface area contributed by atoms with E-state index in [-0.39, 0.29) is 11.9 Å². The number of carbonyl (C=O) groups is 1. The third-order valence-electron chi connectivity index (χ3n) is 2.75. The van der Waals surface area contributed by atoms with E-state index in [0.717, 1.165) is 24.6 Å². The van der Waals surface area contributed by atoms with E-state index in [1.54, 1.807) is 4.90 Å². The third kappa shape index (κ3) is 2.08. The molecule has 0 saturated carbocycles. The maximum atomic E-state index is 11.7. The summed E-state index contributed by atoms with van der Waals surface area (Å²) in [6.07, 6.45) is 0.834. The Morgan fingerprint density at radius 3 is 2.81 bits per heavy atom. The molecule has 1 atom stereocenters. The molecule has 2 N–H and O–H groups in total. The number of nitrogens with one attached hydrogen (secondary N) is 2. The van der Waals surface area contributed by atoms with Gasteiger partial charge in [0, 0.05) is 20.6 Å². The topological polar surface area (TPSA) is 57.3 Å². The highest BCUT2D eigenvalue weighted by atomic mass is 16.2. The van der Waals surface area contributed by atoms with E-state index in [0.29, 0.717) is 0 Å². The van der Waals surface area contributed by atoms with Crippen LogP contribution in [0.1, 0.15) is 6.42 Å². The van der Waals surface area contributed by atoms with E-state index in [1.165, 1.54) is 0 Å². The average Bonchev–Trinajstić information content (AvgIpc) is 2.61. The van der Waals surface area contributed by atoms with Crippen LogP contribution in [0.15, 0.2) is 18.2 Å². The first-order chi connectivity index (χ1) is 7.70. The van der Waals surface area contributed by atoms with Gasteiger partial charge in [-0.25, -0.2) is 4.98 Å². The molecule has 1 aromatic rings. The summed E-state index contributed by atoms with van der Waals surface area (Å²) in [7, 11) is 3.64. The van der Waals surface area contributed by atoms with Crippen molar-refractivity contribution in [2.45, 2.75) is 12.5 Å². The Hall–Kier alpha value is -1.78. The third-order valence-corrected chi connectivity index (χ3v) is 2.75. The van der Waals surface area contributed by atoms with Crippen molar-refractivity contribution in [3.05, 3.63) is 18.2 Å². The van der Waals surface area contributed by atoms with Crippen molar-refractivity contribution in [3.63, 3.8) is 0 Å². The molecule has 5 heteroatoms. The van der Waals surface area contributed by atoms with Crippen molar-refractivity contribution < 1.29 is 4.79 Å². The zero-order valence-electron chi connectivity index (χ0n) is 9.53. The lowest BCUT2D eigenvalue weighted by atomic mass is 10.2. The van der Waals surface area contributed by atoms with Gasteiger partial charge in [0.25, 0.3) is 0 Å². The van der Waals surface area contributed by atoms with Crippen LogP contribution in [-0.4, -0.2) is 42.5 Å². The number of rotatable bonds is 3. The van der Waals surface area contributed by atoms with Crippen molar-refractivity contribution in [1.29, 1.82) is 0 Å². The molecule has 1 unspecified atom stereocenters. The second-order valence-corrected chi connectivity index (χ2v) is 3.90. The zero-order chi connectivity index (χ0) is 11.5. The molecule has 2 heterocycles. The molecule has 5 nitrogen and oxygen atoms in total. The van der Waals surface area contributed by atoms with E-state index < -0.39 is 0 Å². The molecule has 1 aliphatic heterocycles. The standard InChI is InChI=1S/C11H16N4O/c1-12-9-4-3-5-10(14-9)13-8-6-7-15(2)11(8)16/h3-5,8H,6-7H2,1-2H3,(H2,12,13,14). The summed E-state index contributed by atoms with van der Waals surface area (Å²) >= 11 is 0. The van der Waals surface area contributed by atoms with Crippen LogP contribution in [0, 0.1) is 0 Å². The van der Waals surface area contributed by atoms with Crippen molar-refractivity contribution in [3.8, 4) is 0 Å². The fourth-order valence-electron chi connectivity index (χ4n) is 1.79. The molecule has 1 aromatic heterocycles. The highest BCUT2D eigenvalue weighted by Gasteiger charge is 2.28. The Kier molecular flexibility index (Phi) is 2.94. The first-order valence-corrected chi connectivity index (χ1v) is 5.37. The van der Waals surface area contributed by atoms with Crippen LogP contribution in [0.3, 0.4) is 0 Å². The van der Waals surface area contributed by atoms with Crippen LogP contribution in [0.25, 0.3) is 0 Å². The molecular weight excluding hydrogens is 204 g/mol. The SMILES string of the molecule is CNc1cccc(NC2CCN(C)C2=O)n1. The fourth-order valence-corrected chi connectivity index (χ4v) is 1.79. The molecule has 0 spiro atoms. The maximum absolute atomic E-state index is 11.7. The minimum atomic E-state index is -0.135. The van der Waals surface area contributed by atoms with Crippen LogP contribution in [0.2, 0.25) is 0 Å². The number of nitrogens with zero attached hydrogens (tertiary/aromatic N) is 2. The predicted octanol–water partition coefficient (Wildman–Crippen LogP) is 0.766. The molecule has 0 bridgehead atoms. The van der Waals surface area contributed by atoms with Gasteiger partial charge in [-0.1, -0.05) is 6.07 Å². The average molecular weight is 220 g/mol. The summed E-state index contributed by atoms with van der Waals surface area (Å²) in [5.41, 5.74) is 0. The second kappa shape index (κ2) is 4.38. The van der Waals surface area contributed by atoms with Crippen molar-refractivity contribution in [2.75, 3.05) is 31.3 Å². The van der Waals surface area contributed by atoms with Crippen LogP contribution in [0.5, 0.6) is 0 Å². The highest BCUT2D eigenvalue weighted by molar-refractivity contribution is 5.86. The van der Waals surface area contributed by atoms with Crippen molar-refractivity contribution in [2.24, 2.45) is 0 Å². The predicted molar refractivity (Wildman–Crippen MR) is 63.4 cm³/mol. The maximum Gasteiger partial charge on any atom is 0.244 e. The van der Waals surface area contributed by atoms with E-state index >= 15 is 0 Å². The summed E-state index contributed by atoms with van der Waals surface area (Å²) in [4.78, 5) is 17.7. The summed E-state index contributed by atoms with van der Waals surface area (Å²) in [6.45, 7) is 0.808. The molecule has 1 fully saturated rings. The Morgan fingerprint density at radius 1 is 1.44 bits per heavy atom. The molecule has 0 radical (unpaired) electrons. The number of likely N-dealkylation sites (tertiary alicyclic amines) is 1. The number of aromatic nitrogens is 1. The Balaban J connectivity index is 2.06. The van der Waals surface area contributed by atoms with Crippen LogP contribution in [0.4, 0.5) is 11.6 Å². The van der Waals surface area contributed by atoms with Gasteiger partial charge in [-0.15, -0.1) is 0 Å². The van der Waals surface area contributed by atoms with Crippen LogP contribution >= 0.6 is 0 Å². The number of pyridine rings is 1.